The zero-order valence-electron chi connectivity index (χ0n) is 18.2. The van der Waals surface area contributed by atoms with E-state index in [-0.39, 0.29) is 56.0 Å². The minimum absolute atomic E-state index is 0.0397. The molecule has 0 aromatic rings. The van der Waals surface area contributed by atoms with Crippen LogP contribution >= 0.6 is 12.2 Å². The third kappa shape index (κ3) is 13.1. The second kappa shape index (κ2) is 16.6. The Hall–Kier alpha value is -2.16. The Balaban J connectivity index is 4.40. The van der Waals surface area contributed by atoms with Crippen molar-refractivity contribution >= 4 is 47.4 Å². The van der Waals surface area contributed by atoms with E-state index >= 15 is 0 Å². The lowest BCUT2D eigenvalue weighted by Gasteiger charge is -2.21. The summed E-state index contributed by atoms with van der Waals surface area (Å²) in [6, 6.07) is -0.824. The van der Waals surface area contributed by atoms with E-state index in [2.05, 4.69) is 16.0 Å². The highest BCUT2D eigenvalue weighted by molar-refractivity contribution is 7.80. The van der Waals surface area contributed by atoms with Gasteiger partial charge >= 0.3 is 0 Å². The number of carbonyl (C=O) groups is 5. The van der Waals surface area contributed by atoms with Crippen LogP contribution in [0.5, 0.6) is 0 Å². The van der Waals surface area contributed by atoms with Crippen LogP contribution in [0.25, 0.3) is 0 Å². The summed E-state index contributed by atoms with van der Waals surface area (Å²) in [6.07, 6.45) is 5.27. The van der Waals surface area contributed by atoms with Crippen LogP contribution in [0.15, 0.2) is 0 Å². The number of hydrogen-bond donors (Lipinski definition) is 3. The summed E-state index contributed by atoms with van der Waals surface area (Å²) in [7, 11) is 0. The fraction of sp³-hybridized carbons (Fsp3) is 0.714. The zero-order chi connectivity index (χ0) is 22.9. The van der Waals surface area contributed by atoms with Crippen LogP contribution in [0.4, 0.5) is 0 Å². The number of amides is 3. The Labute approximate surface area is 184 Å². The molecule has 170 valence electrons. The van der Waals surface area contributed by atoms with Gasteiger partial charge in [-0.25, -0.2) is 0 Å². The molecule has 0 rings (SSSR count). The molecule has 0 aromatic carbocycles. The van der Waals surface area contributed by atoms with Crippen molar-refractivity contribution in [3.63, 3.8) is 0 Å². The predicted molar refractivity (Wildman–Crippen MR) is 119 cm³/mol. The fourth-order valence-corrected chi connectivity index (χ4v) is 3.21. The van der Waals surface area contributed by atoms with E-state index in [0.29, 0.717) is 11.2 Å². The Morgan fingerprint density at radius 2 is 1.47 bits per heavy atom. The number of carbonyl (C=O) groups excluding carboxylic acids is 5. The van der Waals surface area contributed by atoms with Gasteiger partial charge in [-0.15, -0.1) is 0 Å². The van der Waals surface area contributed by atoms with Crippen LogP contribution in [0.2, 0.25) is 0 Å². The van der Waals surface area contributed by atoms with Gasteiger partial charge in [0.2, 0.25) is 17.7 Å². The molecule has 2 atom stereocenters. The Morgan fingerprint density at radius 1 is 0.867 bits per heavy atom. The van der Waals surface area contributed by atoms with E-state index in [1.807, 2.05) is 13.8 Å². The highest BCUT2D eigenvalue weighted by Crippen LogP contribution is 2.24. The number of rotatable bonds is 17. The van der Waals surface area contributed by atoms with E-state index in [4.69, 9.17) is 12.2 Å². The maximum absolute atomic E-state index is 12.1. The van der Waals surface area contributed by atoms with Gasteiger partial charge in [0, 0.05) is 30.2 Å². The first-order valence-corrected chi connectivity index (χ1v) is 10.9. The first-order chi connectivity index (χ1) is 14.3. The van der Waals surface area contributed by atoms with Crippen LogP contribution in [0.3, 0.4) is 0 Å². The first kappa shape index (κ1) is 27.8. The van der Waals surface area contributed by atoms with Crippen molar-refractivity contribution in [3.8, 4) is 0 Å². The molecule has 30 heavy (non-hydrogen) atoms. The highest BCUT2D eigenvalue weighted by Gasteiger charge is 2.23. The van der Waals surface area contributed by atoms with Gasteiger partial charge in [0.05, 0.1) is 12.6 Å². The molecule has 0 fully saturated rings. The quantitative estimate of drug-likeness (QED) is 0.232. The summed E-state index contributed by atoms with van der Waals surface area (Å²) in [5.41, 5.74) is 0. The number of thiocarbonyl (C=S) groups is 1. The van der Waals surface area contributed by atoms with Gasteiger partial charge in [0.15, 0.2) is 0 Å². The molecule has 0 aliphatic carbocycles. The molecule has 8 nitrogen and oxygen atoms in total. The Bertz CT molecular complexity index is 591. The molecular weight excluding hydrogens is 406 g/mol. The summed E-state index contributed by atoms with van der Waals surface area (Å²) < 4.78 is 0. The predicted octanol–water partition coefficient (Wildman–Crippen LogP) is 1.49. The molecule has 0 bridgehead atoms. The fourth-order valence-electron chi connectivity index (χ4n) is 3.14. The average Bonchev–Trinajstić information content (AvgIpc) is 2.71. The monoisotopic (exact) mass is 441 g/mol. The van der Waals surface area contributed by atoms with Crippen molar-refractivity contribution in [1.82, 2.24) is 16.0 Å². The number of nitrogens with one attached hydrogen (secondary N) is 3. The van der Waals surface area contributed by atoms with Crippen molar-refractivity contribution < 1.29 is 24.0 Å². The lowest BCUT2D eigenvalue weighted by Crippen LogP contribution is -2.43. The molecule has 3 N–H and O–H groups in total. The second-order valence-corrected chi connectivity index (χ2v) is 8.14. The van der Waals surface area contributed by atoms with Gasteiger partial charge in [-0.1, -0.05) is 51.7 Å². The normalized spacial score (nSPS) is 12.5. The van der Waals surface area contributed by atoms with Gasteiger partial charge in [-0.05, 0) is 19.3 Å². The van der Waals surface area contributed by atoms with Gasteiger partial charge < -0.3 is 25.5 Å². The molecule has 3 amide bonds. The molecule has 0 saturated heterocycles. The topological polar surface area (TPSA) is 121 Å². The molecule has 0 aliphatic rings. The maximum atomic E-state index is 12.1. The van der Waals surface area contributed by atoms with Crippen LogP contribution in [-0.4, -0.2) is 54.3 Å². The number of hydrogen-bond acceptors (Lipinski definition) is 6. The third-order valence-electron chi connectivity index (χ3n) is 4.69. The number of aldehydes is 2. The van der Waals surface area contributed by atoms with Crippen molar-refractivity contribution in [2.45, 2.75) is 71.8 Å². The summed E-state index contributed by atoms with van der Waals surface area (Å²) >= 11 is 4.87. The van der Waals surface area contributed by atoms with Gasteiger partial charge in [0.25, 0.3) is 0 Å². The van der Waals surface area contributed by atoms with E-state index in [1.54, 1.807) is 6.92 Å². The van der Waals surface area contributed by atoms with Gasteiger partial charge in [-0.3, -0.25) is 14.4 Å². The molecule has 1 unspecified atom stereocenters. The first-order valence-electron chi connectivity index (χ1n) is 10.5. The zero-order valence-corrected chi connectivity index (χ0v) is 19.0. The third-order valence-corrected chi connectivity index (χ3v) is 4.84. The molecular formula is C21H35N3O5S. The maximum Gasteiger partial charge on any atom is 0.239 e. The minimum Gasteiger partial charge on any atom is -0.352 e. The summed E-state index contributed by atoms with van der Waals surface area (Å²) in [5.74, 6) is -1.38. The molecule has 0 aliphatic heterocycles. The van der Waals surface area contributed by atoms with Crippen LogP contribution in [0.1, 0.15) is 65.7 Å². The molecule has 0 spiro atoms. The molecule has 9 heteroatoms. The molecule has 0 radical (unpaired) electrons. The lowest BCUT2D eigenvalue weighted by atomic mass is 9.84. The van der Waals surface area contributed by atoms with E-state index in [1.165, 1.54) is 0 Å². The SMILES string of the molecule is CCCC(CCC)C(C=O)CC(=O)NCC(=O)N[C@H](C=O)CCC(=O)NCC(C)=S. The molecule has 0 saturated carbocycles. The standard InChI is InChI=1S/C21H35N3O5S/c1-4-6-16(7-5-2)17(13-25)10-20(28)23-12-21(29)24-18(14-26)8-9-19(27)22-11-15(3)30/h13-14,16-18H,4-12H2,1-3H3,(H,22,27)(H,23,28)(H,24,29)/t17?,18-/m0/s1. The van der Waals surface area contributed by atoms with E-state index in [9.17, 15) is 24.0 Å². The molecule has 0 aromatic heterocycles. The van der Waals surface area contributed by atoms with Crippen LogP contribution in [0, 0.1) is 11.8 Å². The minimum atomic E-state index is -0.824. The van der Waals surface area contributed by atoms with Crippen molar-refractivity contribution in [2.75, 3.05) is 13.1 Å². The highest BCUT2D eigenvalue weighted by atomic mass is 32.1. The van der Waals surface area contributed by atoms with Crippen molar-refractivity contribution in [3.05, 3.63) is 0 Å². The smallest absolute Gasteiger partial charge is 0.239 e. The van der Waals surface area contributed by atoms with E-state index < -0.39 is 11.9 Å². The Kier molecular flexibility index (Phi) is 15.4. The second-order valence-electron chi connectivity index (χ2n) is 7.45. The van der Waals surface area contributed by atoms with Crippen molar-refractivity contribution in [1.29, 1.82) is 0 Å². The largest absolute Gasteiger partial charge is 0.352 e. The summed E-state index contributed by atoms with van der Waals surface area (Å²) in [5, 5.41) is 7.58. The Morgan fingerprint density at radius 3 is 1.97 bits per heavy atom. The average molecular weight is 442 g/mol. The summed E-state index contributed by atoms with van der Waals surface area (Å²) in [6.45, 7) is 5.79. The van der Waals surface area contributed by atoms with Gasteiger partial charge in [-0.2, -0.15) is 0 Å². The van der Waals surface area contributed by atoms with Crippen molar-refractivity contribution in [2.24, 2.45) is 11.8 Å². The van der Waals surface area contributed by atoms with Crippen LogP contribution in [-0.2, 0) is 24.0 Å². The lowest BCUT2D eigenvalue weighted by molar-refractivity contribution is -0.129. The van der Waals surface area contributed by atoms with E-state index in [0.717, 1.165) is 32.0 Å². The summed E-state index contributed by atoms with van der Waals surface area (Å²) in [4.78, 5) is 59.0. The van der Waals surface area contributed by atoms with Crippen LogP contribution < -0.4 is 16.0 Å². The van der Waals surface area contributed by atoms with Gasteiger partial charge in [0.1, 0.15) is 12.6 Å². The molecule has 0 heterocycles.